The van der Waals surface area contributed by atoms with Gasteiger partial charge in [0.25, 0.3) is 11.7 Å². The molecule has 1 amide bonds. The number of rotatable bonds is 8. The third kappa shape index (κ3) is 5.03. The second kappa shape index (κ2) is 11.0. The quantitative estimate of drug-likeness (QED) is 0.326. The number of nitrogens with zero attached hydrogens (tertiary/aromatic N) is 2. The molecule has 2 saturated heterocycles. The number of aromatic hydroxyl groups is 1. The number of phenolic OH excluding ortho intramolecular Hbond substituents is 1. The fourth-order valence-corrected chi connectivity index (χ4v) is 4.79. The Labute approximate surface area is 210 Å². The number of carbonyl (C=O) groups is 2. The molecule has 2 heterocycles. The molecular formula is C27H32N2O7. The summed E-state index contributed by atoms with van der Waals surface area (Å²) in [6, 6.07) is 8.94. The average molecular weight is 497 g/mol. The third-order valence-corrected chi connectivity index (χ3v) is 6.70. The van der Waals surface area contributed by atoms with E-state index in [9.17, 15) is 19.8 Å². The molecule has 0 aromatic heterocycles. The van der Waals surface area contributed by atoms with Crippen molar-refractivity contribution in [1.82, 2.24) is 9.80 Å². The number of hydrogen-bond donors (Lipinski definition) is 2. The Bertz CT molecular complexity index is 1170. The van der Waals surface area contributed by atoms with Gasteiger partial charge >= 0.3 is 0 Å². The van der Waals surface area contributed by atoms with E-state index in [-0.39, 0.29) is 22.8 Å². The van der Waals surface area contributed by atoms with Crippen LogP contribution in [0.5, 0.6) is 17.2 Å². The lowest BCUT2D eigenvalue weighted by Crippen LogP contribution is -2.38. The zero-order chi connectivity index (χ0) is 25.8. The molecule has 2 N–H and O–H groups in total. The second-order valence-corrected chi connectivity index (χ2v) is 8.92. The number of ketones is 1. The van der Waals surface area contributed by atoms with Gasteiger partial charge in [-0.25, -0.2) is 0 Å². The predicted octanol–water partition coefficient (Wildman–Crippen LogP) is 2.86. The van der Waals surface area contributed by atoms with Crippen molar-refractivity contribution in [2.45, 2.75) is 19.4 Å². The number of ether oxygens (including phenoxy) is 3. The van der Waals surface area contributed by atoms with Gasteiger partial charge in [0.05, 0.1) is 39.0 Å². The maximum absolute atomic E-state index is 13.3. The monoisotopic (exact) mass is 496 g/mol. The molecule has 2 aliphatic heterocycles. The molecule has 9 heteroatoms. The topological polar surface area (TPSA) is 109 Å². The molecule has 9 nitrogen and oxygen atoms in total. The highest BCUT2D eigenvalue weighted by Crippen LogP contribution is 2.42. The highest BCUT2D eigenvalue weighted by atomic mass is 16.5. The Kier molecular flexibility index (Phi) is 7.81. The summed E-state index contributed by atoms with van der Waals surface area (Å²) in [6.45, 7) is 5.94. The van der Waals surface area contributed by atoms with Crippen molar-refractivity contribution in [3.05, 3.63) is 58.7 Å². The highest BCUT2D eigenvalue weighted by Gasteiger charge is 2.46. The lowest BCUT2D eigenvalue weighted by Gasteiger charge is -2.29. The number of carbonyl (C=O) groups excluding carboxylic acids is 2. The maximum Gasteiger partial charge on any atom is 0.295 e. The van der Waals surface area contributed by atoms with Gasteiger partial charge in [0.1, 0.15) is 11.5 Å². The largest absolute Gasteiger partial charge is 0.507 e. The molecule has 36 heavy (non-hydrogen) atoms. The normalized spacial score (nSPS) is 20.1. The van der Waals surface area contributed by atoms with E-state index in [1.165, 1.54) is 18.1 Å². The number of methoxy groups -OCH3 is 2. The first-order valence-corrected chi connectivity index (χ1v) is 12.0. The third-order valence-electron chi connectivity index (χ3n) is 6.70. The lowest BCUT2D eigenvalue weighted by atomic mass is 9.94. The average Bonchev–Trinajstić information content (AvgIpc) is 3.14. The minimum Gasteiger partial charge on any atom is -0.507 e. The van der Waals surface area contributed by atoms with Gasteiger partial charge in [-0.05, 0) is 54.8 Å². The van der Waals surface area contributed by atoms with Crippen LogP contribution in [0.2, 0.25) is 0 Å². The Morgan fingerprint density at radius 1 is 1.03 bits per heavy atom. The van der Waals surface area contributed by atoms with E-state index in [1.807, 2.05) is 6.92 Å². The highest BCUT2D eigenvalue weighted by molar-refractivity contribution is 6.46. The fraction of sp³-hybridized carbons (Fsp3) is 0.407. The number of Topliss-reactive ketones (excluding diaryl/α,β-unsaturated/α-hetero) is 1. The molecule has 4 rings (SSSR count). The number of aliphatic hydroxyl groups is 1. The molecule has 2 aromatic carbocycles. The van der Waals surface area contributed by atoms with E-state index in [0.29, 0.717) is 43.1 Å². The number of amides is 1. The minimum atomic E-state index is -0.827. The van der Waals surface area contributed by atoms with Crippen molar-refractivity contribution in [2.75, 3.05) is 53.6 Å². The molecule has 0 radical (unpaired) electrons. The Morgan fingerprint density at radius 3 is 2.42 bits per heavy atom. The van der Waals surface area contributed by atoms with E-state index in [4.69, 9.17) is 14.2 Å². The van der Waals surface area contributed by atoms with Crippen molar-refractivity contribution in [3.63, 3.8) is 0 Å². The molecule has 2 aromatic rings. The molecule has 2 aliphatic rings. The summed E-state index contributed by atoms with van der Waals surface area (Å²) in [7, 11) is 2.99. The number of phenols is 1. The molecule has 0 aliphatic carbocycles. The molecule has 0 saturated carbocycles. The molecular weight excluding hydrogens is 464 g/mol. The van der Waals surface area contributed by atoms with E-state index >= 15 is 0 Å². The van der Waals surface area contributed by atoms with Crippen LogP contribution >= 0.6 is 0 Å². The van der Waals surface area contributed by atoms with Crippen molar-refractivity contribution >= 4 is 17.4 Å². The summed E-state index contributed by atoms with van der Waals surface area (Å²) in [5, 5.41) is 21.4. The van der Waals surface area contributed by atoms with Gasteiger partial charge in [-0.3, -0.25) is 14.5 Å². The van der Waals surface area contributed by atoms with E-state index in [2.05, 4.69) is 4.90 Å². The molecule has 192 valence electrons. The van der Waals surface area contributed by atoms with Gasteiger partial charge in [0.15, 0.2) is 11.5 Å². The molecule has 0 spiro atoms. The number of likely N-dealkylation sites (tertiary alicyclic amines) is 1. The van der Waals surface area contributed by atoms with Gasteiger partial charge in [-0.2, -0.15) is 0 Å². The molecule has 0 unspecified atom stereocenters. The predicted molar refractivity (Wildman–Crippen MR) is 133 cm³/mol. The van der Waals surface area contributed by atoms with E-state index in [0.717, 1.165) is 25.2 Å². The SMILES string of the molecule is COc1ccc(C(O)=C2C(=O)C(=O)N(CCCN3CCOCC3)[C@H]2c2ccc(O)c(OC)c2)cc1C. The summed E-state index contributed by atoms with van der Waals surface area (Å²) in [5.74, 6) is -0.866. The lowest BCUT2D eigenvalue weighted by molar-refractivity contribution is -0.140. The van der Waals surface area contributed by atoms with Crippen LogP contribution in [0.3, 0.4) is 0 Å². The van der Waals surface area contributed by atoms with Crippen LogP contribution in [-0.2, 0) is 14.3 Å². The second-order valence-electron chi connectivity index (χ2n) is 8.92. The van der Waals surface area contributed by atoms with Crippen molar-refractivity contribution in [3.8, 4) is 17.2 Å². The van der Waals surface area contributed by atoms with Crippen LogP contribution in [-0.4, -0.2) is 85.3 Å². The molecule has 2 fully saturated rings. The minimum absolute atomic E-state index is 0.00341. The van der Waals surface area contributed by atoms with Gasteiger partial charge in [-0.15, -0.1) is 0 Å². The van der Waals surface area contributed by atoms with Crippen LogP contribution in [0.1, 0.15) is 29.2 Å². The summed E-state index contributed by atoms with van der Waals surface area (Å²) < 4.78 is 16.0. The summed E-state index contributed by atoms with van der Waals surface area (Å²) >= 11 is 0. The first-order chi connectivity index (χ1) is 17.3. The first kappa shape index (κ1) is 25.5. The molecule has 0 bridgehead atoms. The van der Waals surface area contributed by atoms with Gasteiger partial charge in [-0.1, -0.05) is 6.07 Å². The molecule has 1 atom stereocenters. The first-order valence-electron chi connectivity index (χ1n) is 12.0. The number of aliphatic hydroxyl groups excluding tert-OH is 1. The standard InChI is InChI=1S/C27H32N2O7/c1-17-15-19(6-8-21(17)34-2)25(31)23-24(18-5-7-20(30)22(16-18)35-3)29(27(33)26(23)32)10-4-9-28-11-13-36-14-12-28/h5-8,15-16,24,30-31H,4,9-14H2,1-3H3/t24-/m0/s1. The summed E-state index contributed by atoms with van der Waals surface area (Å²) in [6.07, 6.45) is 0.653. The number of aryl methyl sites for hydroxylation is 1. The Balaban J connectivity index is 1.73. The van der Waals surface area contributed by atoms with Gasteiger partial charge < -0.3 is 29.3 Å². The Hall–Kier alpha value is -3.56. The zero-order valence-corrected chi connectivity index (χ0v) is 20.8. The number of benzene rings is 2. The summed E-state index contributed by atoms with van der Waals surface area (Å²) in [5.41, 5.74) is 1.75. The smallest absolute Gasteiger partial charge is 0.295 e. The maximum atomic E-state index is 13.3. The van der Waals surface area contributed by atoms with Crippen LogP contribution < -0.4 is 9.47 Å². The van der Waals surface area contributed by atoms with Crippen LogP contribution in [0.25, 0.3) is 5.76 Å². The van der Waals surface area contributed by atoms with Gasteiger partial charge in [0.2, 0.25) is 0 Å². The van der Waals surface area contributed by atoms with Crippen LogP contribution in [0.15, 0.2) is 42.0 Å². The zero-order valence-electron chi connectivity index (χ0n) is 20.8. The summed E-state index contributed by atoms with van der Waals surface area (Å²) in [4.78, 5) is 30.2. The van der Waals surface area contributed by atoms with E-state index in [1.54, 1.807) is 37.4 Å². The van der Waals surface area contributed by atoms with Crippen molar-refractivity contribution in [1.29, 1.82) is 0 Å². The Morgan fingerprint density at radius 2 is 1.75 bits per heavy atom. The number of morpholine rings is 1. The van der Waals surface area contributed by atoms with Crippen LogP contribution in [0.4, 0.5) is 0 Å². The van der Waals surface area contributed by atoms with E-state index < -0.39 is 17.7 Å². The number of hydrogen-bond acceptors (Lipinski definition) is 8. The van der Waals surface area contributed by atoms with Crippen LogP contribution in [0, 0.1) is 6.92 Å². The van der Waals surface area contributed by atoms with Crippen molar-refractivity contribution in [2.24, 2.45) is 0 Å². The van der Waals surface area contributed by atoms with Gasteiger partial charge in [0, 0.05) is 31.7 Å². The fourth-order valence-electron chi connectivity index (χ4n) is 4.79. The van der Waals surface area contributed by atoms with Crippen molar-refractivity contribution < 1.29 is 34.0 Å².